The third-order valence-electron chi connectivity index (χ3n) is 14.8. The molecule has 3 aliphatic heterocycles. The molecule has 0 bridgehead atoms. The van der Waals surface area contributed by atoms with Crippen molar-refractivity contribution in [2.24, 2.45) is 52.3 Å². The van der Waals surface area contributed by atoms with Gasteiger partial charge in [-0.05, 0) is 118 Å². The van der Waals surface area contributed by atoms with E-state index in [-0.39, 0.29) is 11.6 Å². The second-order valence-electron chi connectivity index (χ2n) is 16.8. The molecule has 7 fully saturated rings. The predicted molar refractivity (Wildman–Crippen MR) is 164 cm³/mol. The number of carbonyl (C=O) groups is 1. The molecule has 6 heteroatoms. The van der Waals surface area contributed by atoms with E-state index in [4.69, 9.17) is 4.74 Å². The first-order chi connectivity index (χ1) is 19.6. The summed E-state index contributed by atoms with van der Waals surface area (Å²) < 4.78 is 7.10. The van der Waals surface area contributed by atoms with E-state index >= 15 is 0 Å². The van der Waals surface area contributed by atoms with Crippen LogP contribution < -0.4 is 10.6 Å². The minimum Gasteiger partial charge on any atom is -0.357 e. The molecule has 0 aromatic carbocycles. The molecule has 2 N–H and O–H groups in total. The fourth-order valence-electron chi connectivity index (χ4n) is 12.2. The van der Waals surface area contributed by atoms with E-state index < -0.39 is 0 Å². The fourth-order valence-corrected chi connectivity index (χ4v) is 12.2. The van der Waals surface area contributed by atoms with Gasteiger partial charge in [-0.1, -0.05) is 27.7 Å². The average Bonchev–Trinajstić information content (AvgIpc) is 3.40. The lowest BCUT2D eigenvalue weighted by Crippen LogP contribution is -2.58. The van der Waals surface area contributed by atoms with Gasteiger partial charge in [0.1, 0.15) is 5.72 Å². The van der Waals surface area contributed by atoms with Crippen LogP contribution in [-0.2, 0) is 9.53 Å². The molecular weight excluding hydrogens is 508 g/mol. The number of hydrogen-bond acceptors (Lipinski definition) is 5. The van der Waals surface area contributed by atoms with Crippen LogP contribution in [0.25, 0.3) is 0 Å². The van der Waals surface area contributed by atoms with Crippen LogP contribution in [-0.4, -0.2) is 79.9 Å². The minimum atomic E-state index is -0.0520. The van der Waals surface area contributed by atoms with E-state index in [1.54, 1.807) is 0 Å². The number of nitrogens with one attached hydrogen (secondary N) is 2. The summed E-state index contributed by atoms with van der Waals surface area (Å²) in [6, 6.07) is 0.389. The van der Waals surface area contributed by atoms with Crippen LogP contribution in [0.3, 0.4) is 0 Å². The van der Waals surface area contributed by atoms with E-state index in [1.807, 2.05) is 0 Å². The SMILES string of the molecule is C[C@@H]1CC[C@@]2(NC1)O[C@H]1C[C@H]3[C@@H]4CC[C@H]5C[C@H](NC(=O)CCN6CCN(C)CC6)CC[C@]5(C)[C@H]4CC[C@]3(C)[C@H]1[C@@H]2C. The third kappa shape index (κ3) is 4.84. The van der Waals surface area contributed by atoms with Crippen molar-refractivity contribution in [1.82, 2.24) is 20.4 Å². The zero-order valence-electron chi connectivity index (χ0n) is 26.9. The summed E-state index contributed by atoms with van der Waals surface area (Å²) in [6.07, 6.45) is 14.2. The zero-order chi connectivity index (χ0) is 28.6. The number of rotatable bonds is 4. The number of ether oxygens (including phenoxy) is 1. The van der Waals surface area contributed by atoms with Crippen LogP contribution in [0.4, 0.5) is 0 Å². The number of piperazine rings is 1. The maximum absolute atomic E-state index is 12.9. The zero-order valence-corrected chi connectivity index (χ0v) is 26.9. The molecule has 3 heterocycles. The first-order valence-electron chi connectivity index (χ1n) is 17.7. The molecule has 1 spiro atoms. The van der Waals surface area contributed by atoms with Crippen molar-refractivity contribution in [3.63, 3.8) is 0 Å². The summed E-state index contributed by atoms with van der Waals surface area (Å²) in [5, 5.41) is 7.42. The van der Waals surface area contributed by atoms with E-state index in [0.29, 0.717) is 35.3 Å². The quantitative estimate of drug-likeness (QED) is 0.493. The van der Waals surface area contributed by atoms with Gasteiger partial charge in [-0.25, -0.2) is 0 Å². The molecular formula is C35H60N4O2. The molecule has 6 nitrogen and oxygen atoms in total. The number of carbonyl (C=O) groups excluding carboxylic acids is 1. The van der Waals surface area contributed by atoms with Gasteiger partial charge < -0.3 is 19.9 Å². The highest BCUT2D eigenvalue weighted by atomic mass is 16.5. The fraction of sp³-hybridized carbons (Fsp3) is 0.971. The molecule has 41 heavy (non-hydrogen) atoms. The topological polar surface area (TPSA) is 56.8 Å². The second-order valence-corrected chi connectivity index (χ2v) is 16.8. The van der Waals surface area contributed by atoms with Gasteiger partial charge in [-0.3, -0.25) is 10.1 Å². The summed E-state index contributed by atoms with van der Waals surface area (Å²) in [7, 11) is 2.19. The maximum atomic E-state index is 12.9. The number of likely N-dealkylation sites (N-methyl/N-ethyl adjacent to an activating group) is 1. The predicted octanol–water partition coefficient (Wildman–Crippen LogP) is 5.13. The Kier molecular flexibility index (Phi) is 7.60. The number of piperidine rings is 1. The van der Waals surface area contributed by atoms with Gasteiger partial charge in [-0.15, -0.1) is 0 Å². The highest BCUT2D eigenvalue weighted by Crippen LogP contribution is 2.71. The third-order valence-corrected chi connectivity index (χ3v) is 14.8. The van der Waals surface area contributed by atoms with Crippen LogP contribution in [0.2, 0.25) is 0 Å². The monoisotopic (exact) mass is 568 g/mol. The minimum absolute atomic E-state index is 0.0520. The number of amides is 1. The molecule has 4 aliphatic carbocycles. The van der Waals surface area contributed by atoms with Crippen molar-refractivity contribution in [1.29, 1.82) is 0 Å². The number of fused-ring (bicyclic) bond motifs is 7. The number of hydrogen-bond donors (Lipinski definition) is 2. The molecule has 1 amide bonds. The highest BCUT2D eigenvalue weighted by molar-refractivity contribution is 5.76. The highest BCUT2D eigenvalue weighted by Gasteiger charge is 2.68. The maximum Gasteiger partial charge on any atom is 0.221 e. The van der Waals surface area contributed by atoms with Crippen LogP contribution in [0.1, 0.15) is 98.3 Å². The van der Waals surface area contributed by atoms with E-state index in [1.165, 1.54) is 64.2 Å². The molecule has 0 aromatic heterocycles. The Morgan fingerprint density at radius 1 is 0.927 bits per heavy atom. The van der Waals surface area contributed by atoms with Crippen molar-refractivity contribution in [2.45, 2.75) is 116 Å². The molecule has 0 radical (unpaired) electrons. The Bertz CT molecular complexity index is 973. The van der Waals surface area contributed by atoms with Crippen molar-refractivity contribution < 1.29 is 9.53 Å². The van der Waals surface area contributed by atoms with Gasteiger partial charge >= 0.3 is 0 Å². The van der Waals surface area contributed by atoms with Crippen molar-refractivity contribution in [2.75, 3.05) is 46.3 Å². The largest absolute Gasteiger partial charge is 0.357 e. The van der Waals surface area contributed by atoms with Crippen LogP contribution >= 0.6 is 0 Å². The second kappa shape index (κ2) is 10.7. The van der Waals surface area contributed by atoms with Gasteiger partial charge in [0.25, 0.3) is 0 Å². The van der Waals surface area contributed by atoms with Crippen LogP contribution in [0, 0.1) is 52.3 Å². The first-order valence-corrected chi connectivity index (χ1v) is 17.7. The van der Waals surface area contributed by atoms with Gasteiger partial charge in [0.2, 0.25) is 5.91 Å². The van der Waals surface area contributed by atoms with E-state index in [9.17, 15) is 4.79 Å². The van der Waals surface area contributed by atoms with Gasteiger partial charge in [0.05, 0.1) is 6.10 Å². The standard InChI is InChI=1S/C35H60N4O2/c1-23-8-14-35(36-22-23)24(2)32-30(41-35)21-29-27-7-6-25-20-26(9-12-33(25,3)28(27)10-13-34(29,32)4)37-31(40)11-15-39-18-16-38(5)17-19-39/h23-30,32,36H,6-22H2,1-5H3,(H,37,40)/t23-,24+,25+,26-,27-,28+,29+,30+,32+,33+,34+,35-/m1/s1. The molecule has 0 aromatic rings. The lowest BCUT2D eigenvalue weighted by atomic mass is 9.44. The molecule has 4 saturated carbocycles. The first kappa shape index (κ1) is 29.0. The van der Waals surface area contributed by atoms with E-state index in [0.717, 1.165) is 74.8 Å². The average molecular weight is 569 g/mol. The van der Waals surface area contributed by atoms with Crippen molar-refractivity contribution >= 4 is 5.91 Å². The summed E-state index contributed by atoms with van der Waals surface area (Å²) >= 11 is 0. The molecule has 12 atom stereocenters. The Morgan fingerprint density at radius 2 is 1.71 bits per heavy atom. The Hall–Kier alpha value is -0.690. The Balaban J connectivity index is 0.964. The summed E-state index contributed by atoms with van der Waals surface area (Å²) in [6.45, 7) is 16.7. The Labute approximate surface area is 250 Å². The smallest absolute Gasteiger partial charge is 0.221 e. The van der Waals surface area contributed by atoms with Crippen molar-refractivity contribution in [3.05, 3.63) is 0 Å². The number of nitrogens with zero attached hydrogens (tertiary/aromatic N) is 2. The normalized spacial score (nSPS) is 52.0. The molecule has 7 rings (SSSR count). The summed E-state index contributed by atoms with van der Waals surface area (Å²) in [4.78, 5) is 17.8. The van der Waals surface area contributed by atoms with Crippen molar-refractivity contribution in [3.8, 4) is 0 Å². The summed E-state index contributed by atoms with van der Waals surface area (Å²) in [5.41, 5.74) is 0.846. The molecule has 232 valence electrons. The van der Waals surface area contributed by atoms with Gasteiger partial charge in [-0.2, -0.15) is 0 Å². The lowest BCUT2D eigenvalue weighted by Gasteiger charge is -2.61. The molecule has 7 aliphatic rings. The Morgan fingerprint density at radius 3 is 2.46 bits per heavy atom. The van der Waals surface area contributed by atoms with Gasteiger partial charge in [0, 0.05) is 57.6 Å². The van der Waals surface area contributed by atoms with Gasteiger partial charge in [0.15, 0.2) is 0 Å². The molecule has 3 saturated heterocycles. The van der Waals surface area contributed by atoms with Crippen LogP contribution in [0.15, 0.2) is 0 Å². The van der Waals surface area contributed by atoms with Crippen LogP contribution in [0.5, 0.6) is 0 Å². The molecule has 0 unspecified atom stereocenters. The summed E-state index contributed by atoms with van der Waals surface area (Å²) in [5.74, 6) is 5.75. The lowest BCUT2D eigenvalue weighted by molar-refractivity contribution is -0.136. The van der Waals surface area contributed by atoms with E-state index in [2.05, 4.69) is 55.2 Å².